The molecule has 124 valence electrons. The second kappa shape index (κ2) is 5.73. The van der Waals surface area contributed by atoms with Crippen LogP contribution in [0.25, 0.3) is 0 Å². The Kier molecular flexibility index (Phi) is 3.88. The van der Waals surface area contributed by atoms with Crippen molar-refractivity contribution < 1.29 is 31.9 Å². The van der Waals surface area contributed by atoms with Crippen LogP contribution < -0.4 is 4.90 Å². The number of hydroxylamine groups is 2. The summed E-state index contributed by atoms with van der Waals surface area (Å²) in [5.74, 6) is -2.07. The molecular weight excluding hydrogens is 320 g/mol. The Bertz CT molecular complexity index is 660. The number of hydrogen-bond donors (Lipinski definition) is 0. The van der Waals surface area contributed by atoms with E-state index in [0.29, 0.717) is 11.8 Å². The lowest BCUT2D eigenvalue weighted by atomic mass is 10.2. The predicted octanol–water partition coefficient (Wildman–Crippen LogP) is 2.69. The Balaban J connectivity index is 1.75. The number of amides is 1. The van der Waals surface area contributed by atoms with Gasteiger partial charge in [-0.15, -0.1) is 0 Å². The number of carbonyl (C=O) groups is 1. The van der Waals surface area contributed by atoms with Gasteiger partial charge in [0.1, 0.15) is 5.82 Å². The molecule has 0 bridgehead atoms. The van der Waals surface area contributed by atoms with Gasteiger partial charge >= 0.3 is 6.18 Å². The SMILES string of the molecule is O=C1CCON1Cc1ccc(N2C=C(C(F)(F)F)OC2)c(F)c1. The van der Waals surface area contributed by atoms with E-state index in [4.69, 9.17) is 4.84 Å². The van der Waals surface area contributed by atoms with Gasteiger partial charge in [-0.2, -0.15) is 13.2 Å². The van der Waals surface area contributed by atoms with Gasteiger partial charge in [-0.25, -0.2) is 9.45 Å². The summed E-state index contributed by atoms with van der Waals surface area (Å²) in [5.41, 5.74) is 0.434. The van der Waals surface area contributed by atoms with Crippen LogP contribution in [-0.2, 0) is 20.9 Å². The van der Waals surface area contributed by atoms with Crippen LogP contribution in [0.2, 0.25) is 0 Å². The summed E-state index contributed by atoms with van der Waals surface area (Å²) in [6, 6.07) is 4.01. The first-order valence-electron chi connectivity index (χ1n) is 6.75. The van der Waals surface area contributed by atoms with Gasteiger partial charge in [0.25, 0.3) is 0 Å². The highest BCUT2D eigenvalue weighted by Crippen LogP contribution is 2.33. The molecule has 1 fully saturated rings. The fourth-order valence-corrected chi connectivity index (χ4v) is 2.27. The van der Waals surface area contributed by atoms with E-state index in [2.05, 4.69) is 4.74 Å². The second-order valence-electron chi connectivity index (χ2n) is 5.03. The zero-order valence-electron chi connectivity index (χ0n) is 11.8. The van der Waals surface area contributed by atoms with Crippen molar-refractivity contribution in [3.8, 4) is 0 Å². The summed E-state index contributed by atoms with van der Waals surface area (Å²) in [5, 5.41) is 1.13. The molecule has 0 aliphatic carbocycles. The molecule has 1 aromatic rings. The lowest BCUT2D eigenvalue weighted by Gasteiger charge is -2.17. The third-order valence-corrected chi connectivity index (χ3v) is 3.40. The van der Waals surface area contributed by atoms with E-state index in [0.717, 1.165) is 16.0 Å². The van der Waals surface area contributed by atoms with Crippen molar-refractivity contribution in [1.29, 1.82) is 0 Å². The molecule has 1 saturated heterocycles. The van der Waals surface area contributed by atoms with Gasteiger partial charge in [-0.3, -0.25) is 9.63 Å². The van der Waals surface area contributed by atoms with Crippen molar-refractivity contribution in [2.24, 2.45) is 0 Å². The Morgan fingerprint density at radius 3 is 2.61 bits per heavy atom. The van der Waals surface area contributed by atoms with E-state index in [1.54, 1.807) is 0 Å². The van der Waals surface area contributed by atoms with Crippen molar-refractivity contribution >= 4 is 11.6 Å². The lowest BCUT2D eigenvalue weighted by molar-refractivity contribution is -0.164. The van der Waals surface area contributed by atoms with Crippen LogP contribution in [0.15, 0.2) is 30.2 Å². The first kappa shape index (κ1) is 15.6. The van der Waals surface area contributed by atoms with E-state index in [1.807, 2.05) is 0 Å². The van der Waals surface area contributed by atoms with Crippen molar-refractivity contribution in [1.82, 2.24) is 5.06 Å². The van der Waals surface area contributed by atoms with Crippen LogP contribution in [0.1, 0.15) is 12.0 Å². The topological polar surface area (TPSA) is 42.0 Å². The van der Waals surface area contributed by atoms with Crippen LogP contribution in [0.5, 0.6) is 0 Å². The number of anilines is 1. The average Bonchev–Trinajstić information content (AvgIpc) is 3.09. The van der Waals surface area contributed by atoms with Crippen LogP contribution in [0, 0.1) is 5.82 Å². The molecule has 0 N–H and O–H groups in total. The van der Waals surface area contributed by atoms with Gasteiger partial charge in [0.2, 0.25) is 11.7 Å². The summed E-state index contributed by atoms with van der Waals surface area (Å²) in [7, 11) is 0. The van der Waals surface area contributed by atoms with Gasteiger partial charge in [0, 0.05) is 0 Å². The van der Waals surface area contributed by atoms with Gasteiger partial charge in [0.15, 0.2) is 6.73 Å². The number of hydrogen-bond acceptors (Lipinski definition) is 4. The first-order valence-corrected chi connectivity index (χ1v) is 6.75. The van der Waals surface area contributed by atoms with E-state index in [1.165, 1.54) is 12.1 Å². The zero-order valence-corrected chi connectivity index (χ0v) is 11.8. The number of nitrogens with zero attached hydrogens (tertiary/aromatic N) is 2. The molecular formula is C14H12F4N2O3. The maximum atomic E-state index is 14.1. The fourth-order valence-electron chi connectivity index (χ4n) is 2.27. The molecule has 0 radical (unpaired) electrons. The predicted molar refractivity (Wildman–Crippen MR) is 70.1 cm³/mol. The second-order valence-corrected chi connectivity index (χ2v) is 5.03. The Morgan fingerprint density at radius 2 is 2.04 bits per heavy atom. The Hall–Kier alpha value is -2.29. The van der Waals surface area contributed by atoms with E-state index in [-0.39, 0.29) is 31.2 Å². The van der Waals surface area contributed by atoms with Gasteiger partial charge in [0.05, 0.1) is 31.5 Å². The van der Waals surface area contributed by atoms with Crippen molar-refractivity contribution in [2.75, 3.05) is 18.2 Å². The van der Waals surface area contributed by atoms with Gasteiger partial charge in [-0.1, -0.05) is 6.07 Å². The Labute approximate surface area is 128 Å². The molecule has 2 heterocycles. The molecule has 2 aliphatic rings. The number of ether oxygens (including phenoxy) is 1. The number of benzene rings is 1. The number of halogens is 4. The van der Waals surface area contributed by atoms with Crippen LogP contribution in [0.3, 0.4) is 0 Å². The maximum absolute atomic E-state index is 14.1. The van der Waals surface area contributed by atoms with Crippen LogP contribution >= 0.6 is 0 Å². The van der Waals surface area contributed by atoms with Crippen molar-refractivity contribution in [3.63, 3.8) is 0 Å². The minimum atomic E-state index is -4.61. The molecule has 0 atom stereocenters. The summed E-state index contributed by atoms with van der Waals surface area (Å²) < 4.78 is 56.2. The molecule has 0 unspecified atom stereocenters. The molecule has 2 aliphatic heterocycles. The van der Waals surface area contributed by atoms with Crippen LogP contribution in [0.4, 0.5) is 23.2 Å². The number of carbonyl (C=O) groups excluding carboxylic acids is 1. The van der Waals surface area contributed by atoms with Crippen molar-refractivity contribution in [2.45, 2.75) is 19.1 Å². The van der Waals surface area contributed by atoms with E-state index in [9.17, 15) is 22.4 Å². The summed E-state index contributed by atoms with van der Waals surface area (Å²) in [6.07, 6.45) is -3.62. The molecule has 0 spiro atoms. The average molecular weight is 332 g/mol. The largest absolute Gasteiger partial charge is 0.466 e. The number of alkyl halides is 3. The van der Waals surface area contributed by atoms with Gasteiger partial charge in [-0.05, 0) is 17.7 Å². The minimum absolute atomic E-state index is 0.0401. The third-order valence-electron chi connectivity index (χ3n) is 3.40. The van der Waals surface area contributed by atoms with Crippen molar-refractivity contribution in [3.05, 3.63) is 41.5 Å². The van der Waals surface area contributed by atoms with Gasteiger partial charge < -0.3 is 9.64 Å². The van der Waals surface area contributed by atoms with E-state index >= 15 is 0 Å². The first-order chi connectivity index (χ1) is 10.8. The smallest absolute Gasteiger partial charge is 0.450 e. The highest BCUT2D eigenvalue weighted by molar-refractivity contribution is 5.76. The summed E-state index contributed by atoms with van der Waals surface area (Å²) in [6.45, 7) is -0.0511. The molecule has 9 heteroatoms. The monoisotopic (exact) mass is 332 g/mol. The molecule has 1 aromatic carbocycles. The normalized spacial score (nSPS) is 18.4. The number of rotatable bonds is 3. The van der Waals surface area contributed by atoms with Crippen LogP contribution in [-0.4, -0.2) is 30.5 Å². The standard InChI is InChI=1S/C14H12F4N2O3/c15-10-5-9(6-20-13(21)3-4-23-20)1-2-11(10)19-7-12(22-8-19)14(16,17)18/h1-2,5,7H,3-4,6,8H2. The Morgan fingerprint density at radius 1 is 1.26 bits per heavy atom. The van der Waals surface area contributed by atoms with E-state index < -0.39 is 24.5 Å². The zero-order chi connectivity index (χ0) is 16.6. The lowest BCUT2D eigenvalue weighted by Crippen LogP contribution is -2.22. The minimum Gasteiger partial charge on any atom is -0.466 e. The fraction of sp³-hybridized carbons (Fsp3) is 0.357. The highest BCUT2D eigenvalue weighted by atomic mass is 19.4. The molecule has 23 heavy (non-hydrogen) atoms. The molecule has 3 rings (SSSR count). The quantitative estimate of drug-likeness (QED) is 0.798. The maximum Gasteiger partial charge on any atom is 0.450 e. The molecule has 1 amide bonds. The number of allylic oxidation sites excluding steroid dienone is 1. The molecule has 5 nitrogen and oxygen atoms in total. The summed E-state index contributed by atoms with van der Waals surface area (Å²) >= 11 is 0. The molecule has 0 aromatic heterocycles. The highest BCUT2D eigenvalue weighted by Gasteiger charge is 2.39. The third kappa shape index (κ3) is 3.24. The molecule has 0 saturated carbocycles. The summed E-state index contributed by atoms with van der Waals surface area (Å²) in [4.78, 5) is 17.6.